The summed E-state index contributed by atoms with van der Waals surface area (Å²) in [6.07, 6.45) is 0. The van der Waals surface area contributed by atoms with Crippen LogP contribution in [0.3, 0.4) is 0 Å². The second-order valence-electron chi connectivity index (χ2n) is 3.59. The molecule has 3 nitrogen and oxygen atoms in total. The predicted octanol–water partition coefficient (Wildman–Crippen LogP) is 4.82. The van der Waals surface area contributed by atoms with E-state index < -0.39 is 9.05 Å². The van der Waals surface area contributed by atoms with Gasteiger partial charge in [0.25, 0.3) is 9.05 Å². The van der Waals surface area contributed by atoms with Crippen molar-refractivity contribution in [3.63, 3.8) is 0 Å². The van der Waals surface area contributed by atoms with Crippen molar-refractivity contribution in [2.45, 2.75) is 4.90 Å². The lowest BCUT2D eigenvalue weighted by atomic mass is 10.3. The minimum Gasteiger partial charge on any atom is -0.456 e. The Hall–Kier alpha value is -0.750. The Morgan fingerprint density at radius 2 is 1.68 bits per heavy atom. The lowest BCUT2D eigenvalue weighted by Crippen LogP contribution is -1.92. The van der Waals surface area contributed by atoms with Gasteiger partial charge in [-0.3, -0.25) is 0 Å². The molecule has 0 saturated carbocycles. The Bertz CT molecular complexity index is 699. The Morgan fingerprint density at radius 3 is 2.21 bits per heavy atom. The summed E-state index contributed by atoms with van der Waals surface area (Å²) < 4.78 is 28.4. The van der Waals surface area contributed by atoms with E-state index in [1.54, 1.807) is 24.3 Å². The minimum absolute atomic E-state index is 0.00416. The number of rotatable bonds is 3. The van der Waals surface area contributed by atoms with Gasteiger partial charge >= 0.3 is 0 Å². The summed E-state index contributed by atoms with van der Waals surface area (Å²) in [5.74, 6) is 1.07. The Balaban J connectivity index is 2.29. The summed E-state index contributed by atoms with van der Waals surface area (Å²) in [6, 6.07) is 11.1. The number of hydrogen-bond acceptors (Lipinski definition) is 3. The second-order valence-corrected chi connectivity index (χ2v) is 7.44. The van der Waals surface area contributed by atoms with Gasteiger partial charge in [-0.2, -0.15) is 0 Å². The SMILES string of the molecule is O=S(=O)(Cl)c1ccc(Oc2ccc(Cl)cc2)c(Br)c1. The van der Waals surface area contributed by atoms with Crippen LogP contribution in [0.2, 0.25) is 5.02 Å². The molecule has 0 aliphatic carbocycles. The molecule has 0 heterocycles. The van der Waals surface area contributed by atoms with Crippen LogP contribution in [0.1, 0.15) is 0 Å². The first-order chi connectivity index (χ1) is 8.86. The van der Waals surface area contributed by atoms with Crippen LogP contribution < -0.4 is 4.74 Å². The van der Waals surface area contributed by atoms with E-state index in [0.717, 1.165) is 0 Å². The second kappa shape index (κ2) is 5.71. The highest BCUT2D eigenvalue weighted by Crippen LogP contribution is 2.32. The van der Waals surface area contributed by atoms with Crippen molar-refractivity contribution in [1.29, 1.82) is 0 Å². The number of ether oxygens (including phenoxy) is 1. The molecule has 0 radical (unpaired) electrons. The van der Waals surface area contributed by atoms with E-state index in [2.05, 4.69) is 15.9 Å². The van der Waals surface area contributed by atoms with Gasteiger partial charge in [-0.15, -0.1) is 0 Å². The average Bonchev–Trinajstić information content (AvgIpc) is 2.33. The molecular formula is C12H7BrCl2O3S. The molecule has 7 heteroatoms. The van der Waals surface area contributed by atoms with Crippen LogP contribution >= 0.6 is 38.2 Å². The summed E-state index contributed by atoms with van der Waals surface area (Å²) >= 11 is 9.01. The van der Waals surface area contributed by atoms with Crippen LogP contribution in [0.4, 0.5) is 0 Å². The van der Waals surface area contributed by atoms with Crippen LogP contribution in [0.15, 0.2) is 51.8 Å². The molecule has 0 fully saturated rings. The van der Waals surface area contributed by atoms with Gasteiger partial charge in [-0.05, 0) is 58.4 Å². The summed E-state index contributed by atoms with van der Waals surface area (Å²) in [6.45, 7) is 0. The maximum atomic E-state index is 11.2. The number of benzene rings is 2. The van der Waals surface area contributed by atoms with Crippen molar-refractivity contribution in [1.82, 2.24) is 0 Å². The smallest absolute Gasteiger partial charge is 0.261 e. The quantitative estimate of drug-likeness (QED) is 0.715. The van der Waals surface area contributed by atoms with E-state index in [4.69, 9.17) is 27.0 Å². The molecule has 0 unspecified atom stereocenters. The van der Waals surface area contributed by atoms with E-state index in [1.165, 1.54) is 18.2 Å². The van der Waals surface area contributed by atoms with Gasteiger partial charge in [0.2, 0.25) is 0 Å². The third kappa shape index (κ3) is 3.86. The van der Waals surface area contributed by atoms with E-state index in [1.807, 2.05) is 0 Å². The molecular weight excluding hydrogens is 375 g/mol. The van der Waals surface area contributed by atoms with Gasteiger partial charge in [0.1, 0.15) is 11.5 Å². The first kappa shape index (κ1) is 14.7. The molecule has 0 aromatic heterocycles. The van der Waals surface area contributed by atoms with Crippen molar-refractivity contribution < 1.29 is 13.2 Å². The molecule has 2 aromatic rings. The van der Waals surface area contributed by atoms with E-state index in [9.17, 15) is 8.42 Å². The third-order valence-corrected chi connectivity index (χ3v) is 4.45. The molecule has 19 heavy (non-hydrogen) atoms. The highest BCUT2D eigenvalue weighted by molar-refractivity contribution is 9.10. The molecule has 0 bridgehead atoms. The minimum atomic E-state index is -3.75. The maximum absolute atomic E-state index is 11.2. The lowest BCUT2D eigenvalue weighted by Gasteiger charge is -2.08. The summed E-state index contributed by atoms with van der Waals surface area (Å²) in [4.78, 5) is 0.00416. The first-order valence-electron chi connectivity index (χ1n) is 5.04. The van der Waals surface area contributed by atoms with Crippen molar-refractivity contribution in [3.05, 3.63) is 52.0 Å². The molecule has 0 saturated heterocycles. The first-order valence-corrected chi connectivity index (χ1v) is 8.52. The predicted molar refractivity (Wildman–Crippen MR) is 78.7 cm³/mol. The highest BCUT2D eigenvalue weighted by Gasteiger charge is 2.13. The Morgan fingerprint density at radius 1 is 1.05 bits per heavy atom. The fourth-order valence-electron chi connectivity index (χ4n) is 1.35. The van der Waals surface area contributed by atoms with Crippen LogP contribution in [-0.2, 0) is 9.05 Å². The zero-order valence-corrected chi connectivity index (χ0v) is 13.2. The Kier molecular flexibility index (Phi) is 4.40. The zero-order chi connectivity index (χ0) is 14.0. The summed E-state index contributed by atoms with van der Waals surface area (Å²) in [5, 5.41) is 0.606. The van der Waals surface area contributed by atoms with Gasteiger partial charge in [0.05, 0.1) is 9.37 Å². The van der Waals surface area contributed by atoms with Gasteiger partial charge < -0.3 is 4.74 Å². The molecule has 0 aliphatic rings. The van der Waals surface area contributed by atoms with Gasteiger partial charge in [-0.25, -0.2) is 8.42 Å². The van der Waals surface area contributed by atoms with Gasteiger partial charge in [0.15, 0.2) is 0 Å². The molecule has 0 aliphatic heterocycles. The fraction of sp³-hybridized carbons (Fsp3) is 0. The van der Waals surface area contributed by atoms with Crippen molar-refractivity contribution in [3.8, 4) is 11.5 Å². The van der Waals surface area contributed by atoms with Crippen LogP contribution in [-0.4, -0.2) is 8.42 Å². The molecule has 2 rings (SSSR count). The summed E-state index contributed by atoms with van der Waals surface area (Å²) in [5.41, 5.74) is 0. The van der Waals surface area contributed by atoms with E-state index in [-0.39, 0.29) is 4.90 Å². The number of hydrogen-bond donors (Lipinski definition) is 0. The average molecular weight is 382 g/mol. The molecule has 0 amide bonds. The van der Waals surface area contributed by atoms with Gasteiger partial charge in [0, 0.05) is 15.7 Å². The normalized spacial score (nSPS) is 11.3. The van der Waals surface area contributed by atoms with E-state index >= 15 is 0 Å². The van der Waals surface area contributed by atoms with Crippen LogP contribution in [0, 0.1) is 0 Å². The fourth-order valence-corrected chi connectivity index (χ4v) is 2.86. The molecule has 2 aromatic carbocycles. The monoisotopic (exact) mass is 380 g/mol. The molecule has 0 atom stereocenters. The van der Waals surface area contributed by atoms with Crippen molar-refractivity contribution >= 4 is 47.3 Å². The summed E-state index contributed by atoms with van der Waals surface area (Å²) in [7, 11) is 1.51. The lowest BCUT2D eigenvalue weighted by molar-refractivity contribution is 0.479. The van der Waals surface area contributed by atoms with E-state index in [0.29, 0.717) is 21.0 Å². The Labute approximate surface area is 128 Å². The number of halogens is 3. The topological polar surface area (TPSA) is 43.4 Å². The van der Waals surface area contributed by atoms with Gasteiger partial charge in [-0.1, -0.05) is 11.6 Å². The molecule has 0 spiro atoms. The van der Waals surface area contributed by atoms with Crippen LogP contribution in [0.5, 0.6) is 11.5 Å². The van der Waals surface area contributed by atoms with Crippen molar-refractivity contribution in [2.75, 3.05) is 0 Å². The maximum Gasteiger partial charge on any atom is 0.261 e. The standard InChI is InChI=1S/C12H7BrCl2O3S/c13-11-7-10(19(15,16)17)5-6-12(11)18-9-3-1-8(14)2-4-9/h1-7H. The molecule has 100 valence electrons. The highest BCUT2D eigenvalue weighted by atomic mass is 79.9. The molecule has 0 N–H and O–H groups in total. The van der Waals surface area contributed by atoms with Crippen LogP contribution in [0.25, 0.3) is 0 Å². The zero-order valence-electron chi connectivity index (χ0n) is 9.31. The largest absolute Gasteiger partial charge is 0.456 e. The van der Waals surface area contributed by atoms with Crippen molar-refractivity contribution in [2.24, 2.45) is 0 Å². The third-order valence-electron chi connectivity index (χ3n) is 2.23.